The molecule has 0 N–H and O–H groups in total. The largest absolute Gasteiger partial charge is 0.256 e. The molecule has 4 heteroatoms. The summed E-state index contributed by atoms with van der Waals surface area (Å²) in [5.74, 6) is 0.143. The maximum atomic E-state index is 12.1. The first-order valence-corrected chi connectivity index (χ1v) is 7.92. The molecule has 1 fully saturated rings. The average molecular weight is 261 g/mol. The molecule has 0 saturated heterocycles. The topological polar surface area (TPSA) is 47.0 Å². The summed E-state index contributed by atoms with van der Waals surface area (Å²) in [5.41, 5.74) is 1.70. The predicted octanol–water partition coefficient (Wildman–Crippen LogP) is 2.70. The lowest BCUT2D eigenvalue weighted by Crippen LogP contribution is -2.29. The molecule has 3 rings (SSSR count). The first-order valence-electron chi connectivity index (χ1n) is 6.20. The molecule has 1 aliphatic carbocycles. The highest BCUT2D eigenvalue weighted by Gasteiger charge is 2.31. The van der Waals surface area contributed by atoms with Gasteiger partial charge in [0.25, 0.3) is 0 Å². The molecule has 1 aromatic carbocycles. The van der Waals surface area contributed by atoms with Crippen LogP contribution in [0, 0.1) is 0 Å². The monoisotopic (exact) mass is 261 g/mol. The van der Waals surface area contributed by atoms with Crippen molar-refractivity contribution in [1.29, 1.82) is 0 Å². The molecule has 94 valence electrons. The molecular weight excluding hydrogens is 246 g/mol. The van der Waals surface area contributed by atoms with E-state index in [1.165, 1.54) is 0 Å². The van der Waals surface area contributed by atoms with Crippen LogP contribution < -0.4 is 0 Å². The van der Waals surface area contributed by atoms with Crippen LogP contribution in [0.15, 0.2) is 36.5 Å². The molecule has 3 nitrogen and oxygen atoms in total. The van der Waals surface area contributed by atoms with Crippen LogP contribution in [0.25, 0.3) is 10.9 Å². The van der Waals surface area contributed by atoms with Gasteiger partial charge in [-0.15, -0.1) is 0 Å². The number of hydrogen-bond donors (Lipinski definition) is 0. The molecule has 1 saturated carbocycles. The number of fused-ring (bicyclic) bond motifs is 1. The molecule has 18 heavy (non-hydrogen) atoms. The minimum absolute atomic E-state index is 0.114. The van der Waals surface area contributed by atoms with Gasteiger partial charge in [-0.2, -0.15) is 0 Å². The summed E-state index contributed by atoms with van der Waals surface area (Å²) in [7, 11) is -2.97. The van der Waals surface area contributed by atoms with Crippen molar-refractivity contribution < 1.29 is 8.42 Å². The lowest BCUT2D eigenvalue weighted by Gasteiger charge is -2.25. The third kappa shape index (κ3) is 2.12. The highest BCUT2D eigenvalue weighted by Crippen LogP contribution is 2.29. The van der Waals surface area contributed by atoms with E-state index < -0.39 is 9.84 Å². The fourth-order valence-corrected chi connectivity index (χ4v) is 4.21. The van der Waals surface area contributed by atoms with Gasteiger partial charge in [-0.1, -0.05) is 24.6 Å². The molecule has 1 aliphatic rings. The smallest absolute Gasteiger partial charge is 0.157 e. The Hall–Kier alpha value is -1.42. The van der Waals surface area contributed by atoms with Gasteiger partial charge >= 0.3 is 0 Å². The fraction of sp³-hybridized carbons (Fsp3) is 0.357. The van der Waals surface area contributed by atoms with E-state index in [2.05, 4.69) is 4.98 Å². The van der Waals surface area contributed by atoms with E-state index in [4.69, 9.17) is 0 Å². The number of benzene rings is 1. The lowest BCUT2D eigenvalue weighted by molar-refractivity contribution is 0.476. The molecular formula is C14H15NO2S. The SMILES string of the molecule is O=S(=O)(Cc1ccc2cccnc2c1)C1CCC1. The lowest BCUT2D eigenvalue weighted by atomic mass is 10.00. The van der Waals surface area contributed by atoms with E-state index in [1.807, 2.05) is 30.3 Å². The quantitative estimate of drug-likeness (QED) is 0.853. The Morgan fingerprint density at radius 3 is 2.78 bits per heavy atom. The zero-order valence-corrected chi connectivity index (χ0v) is 10.9. The van der Waals surface area contributed by atoms with Crippen LogP contribution in [0.2, 0.25) is 0 Å². The number of pyridine rings is 1. The minimum atomic E-state index is -2.97. The second kappa shape index (κ2) is 4.35. The van der Waals surface area contributed by atoms with Crippen molar-refractivity contribution in [1.82, 2.24) is 4.98 Å². The van der Waals surface area contributed by atoms with Gasteiger partial charge in [0.2, 0.25) is 0 Å². The normalized spacial score (nSPS) is 16.7. The number of nitrogens with zero attached hydrogens (tertiary/aromatic N) is 1. The van der Waals surface area contributed by atoms with Crippen molar-refractivity contribution in [3.63, 3.8) is 0 Å². The predicted molar refractivity (Wildman–Crippen MR) is 72.0 cm³/mol. The van der Waals surface area contributed by atoms with Crippen LogP contribution in [-0.4, -0.2) is 18.7 Å². The van der Waals surface area contributed by atoms with Gasteiger partial charge in [0.05, 0.1) is 16.5 Å². The van der Waals surface area contributed by atoms with Gasteiger partial charge in [0.15, 0.2) is 9.84 Å². The first-order chi connectivity index (χ1) is 8.65. The maximum Gasteiger partial charge on any atom is 0.157 e. The van der Waals surface area contributed by atoms with Crippen molar-refractivity contribution in [3.05, 3.63) is 42.1 Å². The van der Waals surface area contributed by atoms with Crippen LogP contribution in [0.1, 0.15) is 24.8 Å². The van der Waals surface area contributed by atoms with E-state index >= 15 is 0 Å². The van der Waals surface area contributed by atoms with Crippen LogP contribution in [-0.2, 0) is 15.6 Å². The van der Waals surface area contributed by atoms with Gasteiger partial charge in [-0.3, -0.25) is 4.98 Å². The standard InChI is InChI=1S/C14H15NO2S/c16-18(17,13-4-1-5-13)10-11-6-7-12-3-2-8-15-14(12)9-11/h2-3,6-9,13H,1,4-5,10H2. The molecule has 0 unspecified atom stereocenters. The minimum Gasteiger partial charge on any atom is -0.256 e. The summed E-state index contributed by atoms with van der Waals surface area (Å²) in [6.07, 6.45) is 4.43. The Bertz CT molecular complexity index is 675. The highest BCUT2D eigenvalue weighted by molar-refractivity contribution is 7.91. The molecule has 0 amide bonds. The Morgan fingerprint density at radius 1 is 1.22 bits per heavy atom. The molecule has 0 atom stereocenters. The van der Waals surface area contributed by atoms with E-state index in [0.717, 1.165) is 35.7 Å². The van der Waals surface area contributed by atoms with Crippen LogP contribution in [0.4, 0.5) is 0 Å². The number of sulfone groups is 1. The van der Waals surface area contributed by atoms with Crippen molar-refractivity contribution in [3.8, 4) is 0 Å². The zero-order valence-electron chi connectivity index (χ0n) is 10.0. The van der Waals surface area contributed by atoms with Crippen LogP contribution in [0.3, 0.4) is 0 Å². The molecule has 0 spiro atoms. The number of hydrogen-bond acceptors (Lipinski definition) is 3. The van der Waals surface area contributed by atoms with Crippen molar-refractivity contribution in [2.75, 3.05) is 0 Å². The maximum absolute atomic E-state index is 12.1. The summed E-state index contributed by atoms with van der Waals surface area (Å²) in [6, 6.07) is 9.57. The third-order valence-electron chi connectivity index (χ3n) is 3.60. The molecule has 0 aliphatic heterocycles. The Morgan fingerprint density at radius 2 is 2.06 bits per heavy atom. The second-order valence-electron chi connectivity index (χ2n) is 4.89. The molecule has 0 bridgehead atoms. The third-order valence-corrected chi connectivity index (χ3v) is 5.82. The van der Waals surface area contributed by atoms with E-state index in [0.29, 0.717) is 0 Å². The van der Waals surface area contributed by atoms with E-state index in [9.17, 15) is 8.42 Å². The van der Waals surface area contributed by atoms with Crippen LogP contribution in [0.5, 0.6) is 0 Å². The molecule has 1 aromatic heterocycles. The fourth-order valence-electron chi connectivity index (χ4n) is 2.28. The number of rotatable bonds is 3. The molecule has 1 heterocycles. The summed E-state index contributed by atoms with van der Waals surface area (Å²) in [4.78, 5) is 4.26. The molecule has 2 aromatic rings. The Kier molecular flexibility index (Phi) is 2.82. The Labute approximate surface area is 107 Å². The summed E-state index contributed by atoms with van der Waals surface area (Å²) >= 11 is 0. The van der Waals surface area contributed by atoms with Gasteiger partial charge in [-0.05, 0) is 30.5 Å². The van der Waals surface area contributed by atoms with Gasteiger partial charge in [0.1, 0.15) is 0 Å². The highest BCUT2D eigenvalue weighted by atomic mass is 32.2. The van der Waals surface area contributed by atoms with Gasteiger partial charge < -0.3 is 0 Å². The summed E-state index contributed by atoms with van der Waals surface area (Å²) in [6.45, 7) is 0. The zero-order chi connectivity index (χ0) is 12.6. The van der Waals surface area contributed by atoms with Crippen molar-refractivity contribution >= 4 is 20.7 Å². The Balaban J connectivity index is 1.90. The first kappa shape index (κ1) is 11.7. The van der Waals surface area contributed by atoms with Gasteiger partial charge in [-0.25, -0.2) is 8.42 Å². The van der Waals surface area contributed by atoms with Crippen molar-refractivity contribution in [2.24, 2.45) is 0 Å². The van der Waals surface area contributed by atoms with Crippen LogP contribution >= 0.6 is 0 Å². The number of aromatic nitrogens is 1. The second-order valence-corrected chi connectivity index (χ2v) is 7.17. The van der Waals surface area contributed by atoms with E-state index in [1.54, 1.807) is 6.20 Å². The average Bonchev–Trinajstić information content (AvgIpc) is 2.25. The summed E-state index contributed by atoms with van der Waals surface area (Å²) < 4.78 is 24.2. The van der Waals surface area contributed by atoms with Gasteiger partial charge in [0, 0.05) is 11.6 Å². The van der Waals surface area contributed by atoms with E-state index in [-0.39, 0.29) is 11.0 Å². The van der Waals surface area contributed by atoms with Crippen molar-refractivity contribution in [2.45, 2.75) is 30.3 Å². The molecule has 0 radical (unpaired) electrons. The summed E-state index contributed by atoms with van der Waals surface area (Å²) in [5, 5.41) is 0.930.